The lowest BCUT2D eigenvalue weighted by atomic mass is 10.2. The third-order valence-electron chi connectivity index (χ3n) is 2.56. The standard InChI is InChI=1S/C14H15FN2O2/c15-12-2-1-3-13(8-12)19-10-14(18)17-7-5-11-4-6-16-9-11/h1-4,6,8-9,16H,5,7,10H2,(H,17,18). The Balaban J connectivity index is 1.67. The van der Waals surface area contributed by atoms with Crippen molar-refractivity contribution in [2.24, 2.45) is 0 Å². The number of benzene rings is 1. The molecule has 5 heteroatoms. The number of hydrogen-bond donors (Lipinski definition) is 2. The topological polar surface area (TPSA) is 54.1 Å². The lowest BCUT2D eigenvalue weighted by Gasteiger charge is -2.07. The van der Waals surface area contributed by atoms with Crippen LogP contribution in [-0.2, 0) is 11.2 Å². The Bertz CT molecular complexity index is 526. The van der Waals surface area contributed by atoms with E-state index >= 15 is 0 Å². The van der Waals surface area contributed by atoms with Gasteiger partial charge in [-0.15, -0.1) is 0 Å². The molecule has 1 heterocycles. The maximum Gasteiger partial charge on any atom is 0.257 e. The average molecular weight is 262 g/mol. The molecule has 100 valence electrons. The number of hydrogen-bond acceptors (Lipinski definition) is 2. The Morgan fingerprint density at radius 2 is 2.26 bits per heavy atom. The molecule has 0 unspecified atom stereocenters. The fourth-order valence-corrected chi connectivity index (χ4v) is 1.62. The van der Waals surface area contributed by atoms with E-state index in [1.165, 1.54) is 18.2 Å². The van der Waals surface area contributed by atoms with E-state index in [0.29, 0.717) is 12.3 Å². The lowest BCUT2D eigenvalue weighted by molar-refractivity contribution is -0.123. The van der Waals surface area contributed by atoms with E-state index in [-0.39, 0.29) is 18.3 Å². The predicted molar refractivity (Wildman–Crippen MR) is 69.4 cm³/mol. The summed E-state index contributed by atoms with van der Waals surface area (Å²) >= 11 is 0. The van der Waals surface area contributed by atoms with Crippen molar-refractivity contribution in [1.29, 1.82) is 0 Å². The van der Waals surface area contributed by atoms with Crippen molar-refractivity contribution in [3.05, 3.63) is 54.1 Å². The van der Waals surface area contributed by atoms with Crippen LogP contribution in [0.4, 0.5) is 4.39 Å². The number of nitrogens with one attached hydrogen (secondary N) is 2. The molecule has 0 fully saturated rings. The second-order valence-corrected chi connectivity index (χ2v) is 4.07. The van der Waals surface area contributed by atoms with Gasteiger partial charge < -0.3 is 15.0 Å². The smallest absolute Gasteiger partial charge is 0.257 e. The summed E-state index contributed by atoms with van der Waals surface area (Å²) in [6.07, 6.45) is 4.48. The van der Waals surface area contributed by atoms with E-state index in [2.05, 4.69) is 10.3 Å². The third-order valence-corrected chi connectivity index (χ3v) is 2.56. The molecule has 4 nitrogen and oxygen atoms in total. The van der Waals surface area contributed by atoms with Crippen LogP contribution in [0.3, 0.4) is 0 Å². The first-order chi connectivity index (χ1) is 9.24. The summed E-state index contributed by atoms with van der Waals surface area (Å²) in [5.41, 5.74) is 1.13. The van der Waals surface area contributed by atoms with Crippen LogP contribution in [-0.4, -0.2) is 24.0 Å². The summed E-state index contributed by atoms with van der Waals surface area (Å²) in [5, 5.41) is 2.73. The van der Waals surface area contributed by atoms with E-state index in [4.69, 9.17) is 4.74 Å². The number of rotatable bonds is 6. The second-order valence-electron chi connectivity index (χ2n) is 4.07. The van der Waals surface area contributed by atoms with Gasteiger partial charge in [-0.2, -0.15) is 0 Å². The first-order valence-corrected chi connectivity index (χ1v) is 6.01. The monoisotopic (exact) mass is 262 g/mol. The summed E-state index contributed by atoms with van der Waals surface area (Å²) in [6, 6.07) is 7.66. The fourth-order valence-electron chi connectivity index (χ4n) is 1.62. The Morgan fingerprint density at radius 1 is 1.37 bits per heavy atom. The molecule has 0 radical (unpaired) electrons. The van der Waals surface area contributed by atoms with Crippen LogP contribution in [0, 0.1) is 5.82 Å². The molecule has 0 aliphatic carbocycles. The summed E-state index contributed by atoms with van der Waals surface area (Å²) in [4.78, 5) is 14.4. The van der Waals surface area contributed by atoms with Crippen molar-refractivity contribution >= 4 is 5.91 Å². The van der Waals surface area contributed by atoms with Crippen LogP contribution >= 0.6 is 0 Å². The molecule has 2 aromatic rings. The van der Waals surface area contributed by atoms with Gasteiger partial charge in [-0.05, 0) is 30.2 Å². The summed E-state index contributed by atoms with van der Waals surface area (Å²) in [7, 11) is 0. The van der Waals surface area contributed by atoms with Gasteiger partial charge in [0, 0.05) is 25.0 Å². The number of H-pyrrole nitrogens is 1. The van der Waals surface area contributed by atoms with Gasteiger partial charge in [0.15, 0.2) is 6.61 Å². The minimum Gasteiger partial charge on any atom is -0.484 e. The van der Waals surface area contributed by atoms with Crippen LogP contribution in [0.15, 0.2) is 42.7 Å². The molecule has 2 N–H and O–H groups in total. The summed E-state index contributed by atoms with van der Waals surface area (Å²) < 4.78 is 18.0. The zero-order chi connectivity index (χ0) is 13.5. The van der Waals surface area contributed by atoms with E-state index in [1.807, 2.05) is 18.5 Å². The highest BCUT2D eigenvalue weighted by molar-refractivity contribution is 5.77. The molecule has 0 saturated heterocycles. The van der Waals surface area contributed by atoms with Gasteiger partial charge in [-0.1, -0.05) is 6.07 Å². The number of ether oxygens (including phenoxy) is 1. The van der Waals surface area contributed by atoms with Gasteiger partial charge >= 0.3 is 0 Å². The van der Waals surface area contributed by atoms with Gasteiger partial charge in [0.1, 0.15) is 11.6 Å². The maximum atomic E-state index is 12.9. The van der Waals surface area contributed by atoms with Crippen LogP contribution in [0.2, 0.25) is 0 Å². The molecule has 1 aromatic carbocycles. The Hall–Kier alpha value is -2.30. The second kappa shape index (κ2) is 6.58. The number of aromatic amines is 1. The first kappa shape index (κ1) is 13.1. The number of aromatic nitrogens is 1. The van der Waals surface area contributed by atoms with Crippen LogP contribution in [0.5, 0.6) is 5.75 Å². The molecule has 0 saturated carbocycles. The molecule has 19 heavy (non-hydrogen) atoms. The highest BCUT2D eigenvalue weighted by atomic mass is 19.1. The fraction of sp³-hybridized carbons (Fsp3) is 0.214. The molecular weight excluding hydrogens is 247 g/mol. The minimum absolute atomic E-state index is 0.114. The minimum atomic E-state index is -0.384. The quantitative estimate of drug-likeness (QED) is 0.835. The molecule has 0 atom stereocenters. The van der Waals surface area contributed by atoms with Gasteiger partial charge in [0.2, 0.25) is 0 Å². The van der Waals surface area contributed by atoms with E-state index in [0.717, 1.165) is 12.0 Å². The summed E-state index contributed by atoms with van der Waals surface area (Å²) in [6.45, 7) is 0.430. The normalized spacial score (nSPS) is 10.2. The number of carbonyl (C=O) groups is 1. The summed E-state index contributed by atoms with van der Waals surface area (Å²) in [5.74, 6) is -0.258. The van der Waals surface area contributed by atoms with E-state index in [9.17, 15) is 9.18 Å². The molecule has 1 aromatic heterocycles. The molecule has 0 bridgehead atoms. The first-order valence-electron chi connectivity index (χ1n) is 6.01. The van der Waals surface area contributed by atoms with Crippen molar-refractivity contribution < 1.29 is 13.9 Å². The largest absolute Gasteiger partial charge is 0.484 e. The van der Waals surface area contributed by atoms with E-state index < -0.39 is 0 Å². The molecular formula is C14H15FN2O2. The SMILES string of the molecule is O=C(COc1cccc(F)c1)NCCc1cc[nH]c1. The predicted octanol–water partition coefficient (Wildman–Crippen LogP) is 1.89. The third kappa shape index (κ3) is 4.46. The maximum absolute atomic E-state index is 12.9. The molecule has 0 aliphatic rings. The van der Waals surface area contributed by atoms with Crippen LogP contribution in [0.25, 0.3) is 0 Å². The van der Waals surface area contributed by atoms with Crippen LogP contribution in [0.1, 0.15) is 5.56 Å². The zero-order valence-electron chi connectivity index (χ0n) is 10.4. The van der Waals surface area contributed by atoms with Crippen LogP contribution < -0.4 is 10.1 Å². The highest BCUT2D eigenvalue weighted by Gasteiger charge is 2.03. The van der Waals surface area contributed by atoms with Crippen molar-refractivity contribution in [3.63, 3.8) is 0 Å². The number of amides is 1. The Labute approximate surface area is 110 Å². The van der Waals surface area contributed by atoms with E-state index in [1.54, 1.807) is 6.07 Å². The lowest BCUT2D eigenvalue weighted by Crippen LogP contribution is -2.30. The van der Waals surface area contributed by atoms with Gasteiger partial charge in [0.25, 0.3) is 5.91 Å². The van der Waals surface area contributed by atoms with Crippen molar-refractivity contribution in [3.8, 4) is 5.75 Å². The van der Waals surface area contributed by atoms with Gasteiger partial charge in [0.05, 0.1) is 0 Å². The molecule has 2 rings (SSSR count). The molecule has 0 aliphatic heterocycles. The zero-order valence-corrected chi connectivity index (χ0v) is 10.4. The highest BCUT2D eigenvalue weighted by Crippen LogP contribution is 2.11. The van der Waals surface area contributed by atoms with Crippen molar-refractivity contribution in [1.82, 2.24) is 10.3 Å². The number of halogens is 1. The molecule has 0 spiro atoms. The van der Waals surface area contributed by atoms with Gasteiger partial charge in [-0.3, -0.25) is 4.79 Å². The van der Waals surface area contributed by atoms with Crippen molar-refractivity contribution in [2.75, 3.05) is 13.2 Å². The van der Waals surface area contributed by atoms with Crippen molar-refractivity contribution in [2.45, 2.75) is 6.42 Å². The molecule has 1 amide bonds. The van der Waals surface area contributed by atoms with Gasteiger partial charge in [-0.25, -0.2) is 4.39 Å². The Kier molecular flexibility index (Phi) is 4.55. The number of carbonyl (C=O) groups excluding carboxylic acids is 1. The Morgan fingerprint density at radius 3 is 3.00 bits per heavy atom. The average Bonchev–Trinajstić information content (AvgIpc) is 2.90.